The Labute approximate surface area is 120 Å². The van der Waals surface area contributed by atoms with Crippen molar-refractivity contribution in [3.63, 3.8) is 0 Å². The van der Waals surface area contributed by atoms with E-state index in [9.17, 15) is 5.11 Å². The van der Waals surface area contributed by atoms with Gasteiger partial charge >= 0.3 is 0 Å². The molecule has 2 aliphatic rings. The Morgan fingerprint density at radius 2 is 2.05 bits per heavy atom. The number of hydrogen-bond donors (Lipinski definition) is 2. The molecule has 3 heteroatoms. The molecule has 3 rings (SSSR count). The molecule has 1 aromatic rings. The average Bonchev–Trinajstić information content (AvgIpc) is 2.84. The van der Waals surface area contributed by atoms with Gasteiger partial charge in [0, 0.05) is 23.2 Å². The second kappa shape index (κ2) is 5.47. The van der Waals surface area contributed by atoms with E-state index in [1.165, 1.54) is 10.5 Å². The van der Waals surface area contributed by atoms with Gasteiger partial charge < -0.3 is 10.4 Å². The Kier molecular flexibility index (Phi) is 3.88. The van der Waals surface area contributed by atoms with E-state index in [1.54, 1.807) is 0 Å². The Hall–Kier alpha value is -0.510. The zero-order chi connectivity index (χ0) is 13.3. The predicted octanol–water partition coefficient (Wildman–Crippen LogP) is 3.36. The zero-order valence-electron chi connectivity index (χ0n) is 11.6. The van der Waals surface area contributed by atoms with Crippen molar-refractivity contribution in [3.8, 4) is 0 Å². The molecule has 2 nitrogen and oxygen atoms in total. The van der Waals surface area contributed by atoms with Crippen LogP contribution in [0.3, 0.4) is 0 Å². The number of benzene rings is 1. The zero-order valence-corrected chi connectivity index (χ0v) is 12.4. The van der Waals surface area contributed by atoms with E-state index in [0.29, 0.717) is 6.04 Å². The van der Waals surface area contributed by atoms with Gasteiger partial charge in [0.15, 0.2) is 0 Å². The molecule has 0 radical (unpaired) electrons. The van der Waals surface area contributed by atoms with E-state index < -0.39 is 5.60 Å². The van der Waals surface area contributed by atoms with Gasteiger partial charge in [-0.05, 0) is 43.2 Å². The van der Waals surface area contributed by atoms with Crippen LogP contribution in [0.1, 0.15) is 44.2 Å². The first-order valence-corrected chi connectivity index (χ1v) is 8.32. The SMILES string of the molecule is CC1CCC(O)(CNC2CSc3ccccc32)CC1. The van der Waals surface area contributed by atoms with Crippen LogP contribution in [-0.2, 0) is 0 Å². The molecule has 1 saturated carbocycles. The molecule has 0 aromatic heterocycles. The minimum Gasteiger partial charge on any atom is -0.389 e. The summed E-state index contributed by atoms with van der Waals surface area (Å²) < 4.78 is 0. The van der Waals surface area contributed by atoms with Crippen LogP contribution in [0.4, 0.5) is 0 Å². The summed E-state index contributed by atoms with van der Waals surface area (Å²) in [5, 5.41) is 14.2. The minimum absolute atomic E-state index is 0.407. The average molecular weight is 277 g/mol. The number of thioether (sulfide) groups is 1. The molecule has 19 heavy (non-hydrogen) atoms. The van der Waals surface area contributed by atoms with Crippen molar-refractivity contribution in [2.24, 2.45) is 5.92 Å². The molecule has 1 atom stereocenters. The van der Waals surface area contributed by atoms with Crippen molar-refractivity contribution in [1.82, 2.24) is 5.32 Å². The van der Waals surface area contributed by atoms with Crippen LogP contribution in [-0.4, -0.2) is 23.0 Å². The largest absolute Gasteiger partial charge is 0.389 e. The van der Waals surface area contributed by atoms with Gasteiger partial charge in [0.05, 0.1) is 5.60 Å². The van der Waals surface area contributed by atoms with Gasteiger partial charge in [0.25, 0.3) is 0 Å². The first-order chi connectivity index (χ1) is 9.16. The maximum absolute atomic E-state index is 10.6. The Morgan fingerprint density at radius 3 is 2.84 bits per heavy atom. The fourth-order valence-corrected chi connectivity index (χ4v) is 4.32. The third-order valence-corrected chi connectivity index (χ3v) is 5.77. The first-order valence-electron chi connectivity index (χ1n) is 7.34. The third kappa shape index (κ3) is 2.99. The Morgan fingerprint density at radius 1 is 1.32 bits per heavy atom. The summed E-state index contributed by atoms with van der Waals surface area (Å²) in [6, 6.07) is 9.02. The molecule has 0 amide bonds. The topological polar surface area (TPSA) is 32.3 Å². The highest BCUT2D eigenvalue weighted by atomic mass is 32.2. The minimum atomic E-state index is -0.477. The van der Waals surface area contributed by atoms with E-state index in [1.807, 2.05) is 11.8 Å². The lowest BCUT2D eigenvalue weighted by Gasteiger charge is -2.36. The molecular formula is C16H23NOS. The maximum atomic E-state index is 10.6. The normalized spacial score (nSPS) is 34.2. The summed E-state index contributed by atoms with van der Waals surface area (Å²) in [5.41, 5.74) is 0.926. The molecule has 1 unspecified atom stereocenters. The van der Waals surface area contributed by atoms with Crippen molar-refractivity contribution < 1.29 is 5.11 Å². The summed E-state index contributed by atoms with van der Waals surface area (Å²) in [5.74, 6) is 1.87. The van der Waals surface area contributed by atoms with Crippen LogP contribution < -0.4 is 5.32 Å². The highest BCUT2D eigenvalue weighted by molar-refractivity contribution is 7.99. The number of fused-ring (bicyclic) bond motifs is 1. The van der Waals surface area contributed by atoms with Crippen molar-refractivity contribution in [2.75, 3.05) is 12.3 Å². The first kappa shape index (κ1) is 13.5. The van der Waals surface area contributed by atoms with Gasteiger partial charge in [-0.15, -0.1) is 11.8 Å². The molecule has 0 spiro atoms. The van der Waals surface area contributed by atoms with E-state index in [2.05, 4.69) is 36.5 Å². The highest BCUT2D eigenvalue weighted by Crippen LogP contribution is 2.38. The van der Waals surface area contributed by atoms with Crippen LogP contribution >= 0.6 is 11.8 Å². The number of rotatable bonds is 3. The molecule has 1 aliphatic heterocycles. The number of aliphatic hydroxyl groups is 1. The second-order valence-electron chi connectivity index (χ2n) is 6.19. The number of hydrogen-bond acceptors (Lipinski definition) is 3. The van der Waals surface area contributed by atoms with Gasteiger partial charge in [-0.25, -0.2) is 0 Å². The Balaban J connectivity index is 1.59. The van der Waals surface area contributed by atoms with Gasteiger partial charge in [-0.3, -0.25) is 0 Å². The molecule has 2 N–H and O–H groups in total. The van der Waals surface area contributed by atoms with Crippen LogP contribution in [0.15, 0.2) is 29.2 Å². The van der Waals surface area contributed by atoms with Gasteiger partial charge in [-0.1, -0.05) is 25.1 Å². The molecule has 0 bridgehead atoms. The fourth-order valence-electron chi connectivity index (χ4n) is 3.12. The van der Waals surface area contributed by atoms with Crippen molar-refractivity contribution in [2.45, 2.75) is 49.1 Å². The van der Waals surface area contributed by atoms with Crippen LogP contribution in [0.25, 0.3) is 0 Å². The maximum Gasteiger partial charge on any atom is 0.0772 e. The van der Waals surface area contributed by atoms with E-state index in [-0.39, 0.29) is 0 Å². The lowest BCUT2D eigenvalue weighted by atomic mass is 9.79. The van der Waals surface area contributed by atoms with Crippen molar-refractivity contribution in [1.29, 1.82) is 0 Å². The van der Waals surface area contributed by atoms with Crippen molar-refractivity contribution in [3.05, 3.63) is 29.8 Å². The van der Waals surface area contributed by atoms with Crippen LogP contribution in [0, 0.1) is 5.92 Å². The predicted molar refractivity (Wildman–Crippen MR) is 80.5 cm³/mol. The molecule has 1 aliphatic carbocycles. The van der Waals surface area contributed by atoms with Crippen LogP contribution in [0.5, 0.6) is 0 Å². The molecule has 1 heterocycles. The monoisotopic (exact) mass is 277 g/mol. The lowest BCUT2D eigenvalue weighted by molar-refractivity contribution is -0.00771. The van der Waals surface area contributed by atoms with Crippen LogP contribution in [0.2, 0.25) is 0 Å². The highest BCUT2D eigenvalue weighted by Gasteiger charge is 2.33. The number of nitrogens with one attached hydrogen (secondary N) is 1. The fraction of sp³-hybridized carbons (Fsp3) is 0.625. The smallest absolute Gasteiger partial charge is 0.0772 e. The molecular weight excluding hydrogens is 254 g/mol. The molecule has 0 saturated heterocycles. The summed E-state index contributed by atoms with van der Waals surface area (Å²) >= 11 is 1.92. The third-order valence-electron chi connectivity index (χ3n) is 4.58. The molecule has 104 valence electrons. The summed E-state index contributed by atoms with van der Waals surface area (Å²) in [4.78, 5) is 1.39. The van der Waals surface area contributed by atoms with Gasteiger partial charge in [-0.2, -0.15) is 0 Å². The summed E-state index contributed by atoms with van der Waals surface area (Å²) in [6.45, 7) is 3.02. The summed E-state index contributed by atoms with van der Waals surface area (Å²) in [6.07, 6.45) is 4.22. The second-order valence-corrected chi connectivity index (χ2v) is 7.25. The molecule has 1 aromatic carbocycles. The molecule has 1 fully saturated rings. The van der Waals surface area contributed by atoms with E-state index >= 15 is 0 Å². The van der Waals surface area contributed by atoms with Gasteiger partial charge in [0.2, 0.25) is 0 Å². The van der Waals surface area contributed by atoms with Crippen molar-refractivity contribution >= 4 is 11.8 Å². The quantitative estimate of drug-likeness (QED) is 0.888. The van der Waals surface area contributed by atoms with E-state index in [4.69, 9.17) is 0 Å². The Bertz CT molecular complexity index is 440. The lowest BCUT2D eigenvalue weighted by Crippen LogP contribution is -2.44. The summed E-state index contributed by atoms with van der Waals surface area (Å²) in [7, 11) is 0. The van der Waals surface area contributed by atoms with E-state index in [0.717, 1.165) is 43.9 Å². The van der Waals surface area contributed by atoms with Gasteiger partial charge in [0.1, 0.15) is 0 Å². The standard InChI is InChI=1S/C16H23NOS/c1-12-6-8-16(18,9-7-12)11-17-14-10-19-15-5-3-2-4-13(14)15/h2-5,12,14,17-18H,6-11H2,1H3.